The van der Waals surface area contributed by atoms with Gasteiger partial charge in [-0.15, -0.1) is 0 Å². The first kappa shape index (κ1) is 17.9. The van der Waals surface area contributed by atoms with Crippen LogP contribution in [-0.4, -0.2) is 40.2 Å². The molecule has 4 unspecified atom stereocenters. The lowest BCUT2D eigenvalue weighted by atomic mass is 9.83. The number of likely N-dealkylation sites (tertiary alicyclic amines) is 1. The third-order valence-corrected chi connectivity index (χ3v) is 5.48. The van der Waals surface area contributed by atoms with Crippen LogP contribution in [0.2, 0.25) is 0 Å². The molecule has 7 heteroatoms. The molecule has 0 spiro atoms. The molecule has 6 nitrogen and oxygen atoms in total. The van der Waals surface area contributed by atoms with Gasteiger partial charge in [0, 0.05) is 18.0 Å². The second kappa shape index (κ2) is 6.92. The van der Waals surface area contributed by atoms with Crippen LogP contribution in [-0.2, 0) is 4.79 Å². The minimum Gasteiger partial charge on any atom is -0.508 e. The average molecular weight is 371 g/mol. The Morgan fingerprint density at radius 1 is 1.11 bits per heavy atom. The summed E-state index contributed by atoms with van der Waals surface area (Å²) in [6.45, 7) is 1.98. The Hall–Kier alpha value is -2.48. The van der Waals surface area contributed by atoms with Crippen LogP contribution in [0.15, 0.2) is 42.5 Å². The second-order valence-corrected chi connectivity index (χ2v) is 7.14. The fourth-order valence-corrected chi connectivity index (χ4v) is 4.31. The summed E-state index contributed by atoms with van der Waals surface area (Å²) >= 11 is 0. The number of amides is 1. The van der Waals surface area contributed by atoms with E-state index >= 15 is 0 Å². The minimum absolute atomic E-state index is 0.120. The molecule has 1 amide bonds. The normalized spacial score (nSPS) is 27.2. The fourth-order valence-electron chi connectivity index (χ4n) is 4.31. The molecule has 2 heterocycles. The van der Waals surface area contributed by atoms with Crippen LogP contribution in [0.3, 0.4) is 0 Å². The van der Waals surface area contributed by atoms with Crippen LogP contribution in [0.4, 0.5) is 4.39 Å². The van der Waals surface area contributed by atoms with Crippen LogP contribution in [0.25, 0.3) is 0 Å². The number of aromatic hydroxyl groups is 1. The van der Waals surface area contributed by atoms with E-state index < -0.39 is 6.04 Å². The zero-order chi connectivity index (χ0) is 19.1. The third-order valence-electron chi connectivity index (χ3n) is 5.48. The Kier molecular flexibility index (Phi) is 4.59. The Balaban J connectivity index is 1.79. The highest BCUT2D eigenvalue weighted by atomic mass is 19.1. The van der Waals surface area contributed by atoms with E-state index in [1.54, 1.807) is 23.1 Å². The van der Waals surface area contributed by atoms with Crippen LogP contribution < -0.4 is 10.9 Å². The van der Waals surface area contributed by atoms with Crippen molar-refractivity contribution in [3.8, 4) is 5.75 Å². The topological polar surface area (TPSA) is 84.8 Å². The van der Waals surface area contributed by atoms with Gasteiger partial charge in [-0.25, -0.2) is 15.2 Å². The van der Waals surface area contributed by atoms with Gasteiger partial charge in [0.1, 0.15) is 17.6 Å². The number of nitrogens with one attached hydrogen (secondary N) is 2. The van der Waals surface area contributed by atoms with Crippen molar-refractivity contribution in [2.75, 3.05) is 13.2 Å². The van der Waals surface area contributed by atoms with Gasteiger partial charge in [0.05, 0.1) is 18.7 Å². The molecule has 2 saturated heterocycles. The maximum absolute atomic E-state index is 13.4. The molecule has 2 aliphatic heterocycles. The molecule has 0 saturated carbocycles. The standard InChI is InChI=1S/C20H22FN3O3/c1-11-2-7-15(26)14(10-11)17-16-18(23-22-17)20(27)24(8-9-25)19(16)12-3-5-13(21)6-4-12/h2-7,10,16-19,22-23,25-26H,8-9H2,1H3. The lowest BCUT2D eigenvalue weighted by Crippen LogP contribution is -2.42. The van der Waals surface area contributed by atoms with E-state index in [2.05, 4.69) is 10.9 Å². The number of hydrogen-bond donors (Lipinski definition) is 4. The molecule has 142 valence electrons. The maximum Gasteiger partial charge on any atom is 0.242 e. The predicted octanol–water partition coefficient (Wildman–Crippen LogP) is 1.55. The number of β-amino-alcohol motifs (C(OH)–C–C–N with tert-alkyl or cyclic N) is 1. The van der Waals surface area contributed by atoms with Crippen LogP contribution in [0.1, 0.15) is 28.8 Å². The Labute approximate surface area is 156 Å². The highest BCUT2D eigenvalue weighted by molar-refractivity contribution is 5.86. The van der Waals surface area contributed by atoms with Crippen LogP contribution >= 0.6 is 0 Å². The fraction of sp³-hybridized carbons (Fsp3) is 0.350. The SMILES string of the molecule is Cc1ccc(O)c(C2NNC3C(=O)N(CCO)C(c4ccc(F)cc4)C32)c1. The summed E-state index contributed by atoms with van der Waals surface area (Å²) in [5.74, 6) is -0.525. The molecule has 0 bridgehead atoms. The number of benzene rings is 2. The van der Waals surface area contributed by atoms with Crippen molar-refractivity contribution in [1.29, 1.82) is 0 Å². The molecule has 2 aromatic carbocycles. The number of carbonyl (C=O) groups excluding carboxylic acids is 1. The van der Waals surface area contributed by atoms with E-state index in [1.807, 2.05) is 19.1 Å². The van der Waals surface area contributed by atoms with Crippen LogP contribution in [0.5, 0.6) is 5.75 Å². The van der Waals surface area contributed by atoms with E-state index in [0.29, 0.717) is 5.56 Å². The molecule has 4 rings (SSSR count). The van der Waals surface area contributed by atoms with Gasteiger partial charge in [-0.3, -0.25) is 4.79 Å². The van der Waals surface area contributed by atoms with Crippen molar-refractivity contribution in [2.45, 2.75) is 25.0 Å². The third kappa shape index (κ3) is 2.97. The monoisotopic (exact) mass is 371 g/mol. The summed E-state index contributed by atoms with van der Waals surface area (Å²) < 4.78 is 13.4. The van der Waals surface area contributed by atoms with E-state index in [4.69, 9.17) is 0 Å². The Morgan fingerprint density at radius 2 is 1.81 bits per heavy atom. The number of aryl methyl sites for hydroxylation is 1. The summed E-state index contributed by atoms with van der Waals surface area (Å²) in [6.07, 6.45) is 0. The molecular weight excluding hydrogens is 349 g/mol. The molecule has 4 atom stereocenters. The summed E-state index contributed by atoms with van der Waals surface area (Å²) in [4.78, 5) is 14.6. The average Bonchev–Trinajstić information content (AvgIpc) is 3.19. The van der Waals surface area contributed by atoms with E-state index in [-0.39, 0.29) is 48.6 Å². The molecular formula is C20H22FN3O3. The number of hydrogen-bond acceptors (Lipinski definition) is 5. The first-order valence-electron chi connectivity index (χ1n) is 8.98. The van der Waals surface area contributed by atoms with Crippen LogP contribution in [0, 0.1) is 18.7 Å². The molecule has 2 fully saturated rings. The number of halogens is 1. The molecule has 0 radical (unpaired) electrons. The number of aliphatic hydroxyl groups is 1. The number of rotatable bonds is 4. The summed E-state index contributed by atoms with van der Waals surface area (Å²) in [5, 5.41) is 19.8. The zero-order valence-corrected chi connectivity index (χ0v) is 14.9. The van der Waals surface area contributed by atoms with Gasteiger partial charge in [0.25, 0.3) is 0 Å². The number of nitrogens with zero attached hydrogens (tertiary/aromatic N) is 1. The molecule has 0 aliphatic carbocycles. The molecule has 2 aliphatic rings. The highest BCUT2D eigenvalue weighted by Crippen LogP contribution is 2.48. The molecule has 0 aromatic heterocycles. The molecule has 2 aromatic rings. The second-order valence-electron chi connectivity index (χ2n) is 7.14. The number of phenols is 1. The smallest absolute Gasteiger partial charge is 0.242 e. The van der Waals surface area contributed by atoms with Crippen molar-refractivity contribution in [2.24, 2.45) is 5.92 Å². The van der Waals surface area contributed by atoms with Crippen molar-refractivity contribution in [3.05, 3.63) is 65.0 Å². The van der Waals surface area contributed by atoms with Crippen molar-refractivity contribution in [3.63, 3.8) is 0 Å². The molecule has 4 N–H and O–H groups in total. The zero-order valence-electron chi connectivity index (χ0n) is 14.9. The summed E-state index contributed by atoms with van der Waals surface area (Å²) in [7, 11) is 0. The number of fused-ring (bicyclic) bond motifs is 1. The number of carbonyl (C=O) groups is 1. The Morgan fingerprint density at radius 3 is 2.52 bits per heavy atom. The Bertz CT molecular complexity index is 858. The predicted molar refractivity (Wildman–Crippen MR) is 97.1 cm³/mol. The van der Waals surface area contributed by atoms with Gasteiger partial charge in [-0.1, -0.05) is 29.8 Å². The van der Waals surface area contributed by atoms with E-state index in [9.17, 15) is 19.4 Å². The lowest BCUT2D eigenvalue weighted by molar-refractivity contribution is -0.131. The summed E-state index contributed by atoms with van der Waals surface area (Å²) in [5.41, 5.74) is 8.72. The number of aliphatic hydroxyl groups excluding tert-OH is 1. The maximum atomic E-state index is 13.4. The molecule has 27 heavy (non-hydrogen) atoms. The minimum atomic E-state index is -0.489. The largest absolute Gasteiger partial charge is 0.508 e. The number of hydrazine groups is 1. The first-order valence-corrected chi connectivity index (χ1v) is 8.98. The first-order chi connectivity index (χ1) is 13.0. The van der Waals surface area contributed by atoms with Crippen molar-refractivity contribution >= 4 is 5.91 Å². The van der Waals surface area contributed by atoms with E-state index in [0.717, 1.165) is 11.1 Å². The van der Waals surface area contributed by atoms with Gasteiger partial charge in [0.15, 0.2) is 0 Å². The van der Waals surface area contributed by atoms with Crippen molar-refractivity contribution < 1.29 is 19.4 Å². The van der Waals surface area contributed by atoms with Gasteiger partial charge in [0.2, 0.25) is 5.91 Å². The van der Waals surface area contributed by atoms with Crippen molar-refractivity contribution in [1.82, 2.24) is 15.8 Å². The lowest BCUT2D eigenvalue weighted by Gasteiger charge is -2.31. The quantitative estimate of drug-likeness (QED) is 0.655. The van der Waals surface area contributed by atoms with E-state index in [1.165, 1.54) is 12.1 Å². The van der Waals surface area contributed by atoms with Gasteiger partial charge < -0.3 is 15.1 Å². The summed E-state index contributed by atoms with van der Waals surface area (Å²) in [6, 6.07) is 10.3. The number of phenolic OH excluding ortho intramolecular Hbond substituents is 1. The van der Waals surface area contributed by atoms with Gasteiger partial charge in [-0.05, 0) is 30.7 Å². The van der Waals surface area contributed by atoms with Gasteiger partial charge >= 0.3 is 0 Å². The van der Waals surface area contributed by atoms with Gasteiger partial charge in [-0.2, -0.15) is 0 Å². The highest BCUT2D eigenvalue weighted by Gasteiger charge is 2.55.